The number of thiazole rings is 1. The predicted molar refractivity (Wildman–Crippen MR) is 154 cm³/mol. The van der Waals surface area contributed by atoms with Crippen molar-refractivity contribution in [2.24, 2.45) is 0 Å². The molecule has 0 saturated heterocycles. The predicted octanol–water partition coefficient (Wildman–Crippen LogP) is 5.67. The van der Waals surface area contributed by atoms with Crippen LogP contribution in [0.5, 0.6) is 0 Å². The van der Waals surface area contributed by atoms with Gasteiger partial charge < -0.3 is 4.90 Å². The topological polar surface area (TPSA) is 116 Å². The zero-order valence-corrected chi connectivity index (χ0v) is 23.5. The van der Waals surface area contributed by atoms with E-state index >= 15 is 0 Å². The molecule has 3 aromatic carbocycles. The molecular formula is C25H19N2O6S5+. The van der Waals surface area contributed by atoms with E-state index in [1.165, 1.54) is 32.6 Å². The van der Waals surface area contributed by atoms with Crippen LogP contribution in [0.4, 0.5) is 5.69 Å². The molecule has 0 unspecified atom stereocenters. The average Bonchev–Trinajstić information content (AvgIpc) is 3.57. The van der Waals surface area contributed by atoms with E-state index in [-0.39, 0.29) is 0 Å². The van der Waals surface area contributed by atoms with Crippen molar-refractivity contribution >= 4 is 87.4 Å². The van der Waals surface area contributed by atoms with Crippen LogP contribution >= 0.6 is 34.4 Å². The summed E-state index contributed by atoms with van der Waals surface area (Å²) < 4.78 is 70.0. The molecule has 1 aliphatic heterocycles. The molecule has 0 bridgehead atoms. The standard InChI is InChI=1S/C25H18N2O6S5/c28-37(29,30)14-26-19-12-17(20-6-3-11-34-20)8-9-21(19)35-23(26)13-24-27(15-38(31,32)33)25-18-5-2-1-4-16(18)7-10-22(25)36-24/h1-13H,14-15H2,(H-,28,29,30,31,32,33)/p+1. The first-order chi connectivity index (χ1) is 18.1. The average molecular weight is 604 g/mol. The number of nitrogens with zero attached hydrogens (tertiary/aromatic N) is 2. The molecular weight excluding hydrogens is 585 g/mol. The summed E-state index contributed by atoms with van der Waals surface area (Å²) in [4.78, 5) is 3.32. The van der Waals surface area contributed by atoms with Gasteiger partial charge >= 0.3 is 10.1 Å². The molecule has 0 saturated carbocycles. The summed E-state index contributed by atoms with van der Waals surface area (Å²) in [7, 11) is -8.80. The van der Waals surface area contributed by atoms with Crippen LogP contribution in [0.3, 0.4) is 0 Å². The summed E-state index contributed by atoms with van der Waals surface area (Å²) in [6, 6.07) is 21.0. The SMILES string of the molecule is O=S(=O)(O)CN1C(=Cc2sc3ccc4ccccc4c3[n+]2CS(=O)(=O)O)Sc2ccc(-c3cccs3)cc21. The first-order valence-electron chi connectivity index (χ1n) is 11.2. The highest BCUT2D eigenvalue weighted by atomic mass is 32.2. The molecule has 8 nitrogen and oxygen atoms in total. The minimum Gasteiger partial charge on any atom is -0.317 e. The first-order valence-corrected chi connectivity index (χ1v) is 16.9. The van der Waals surface area contributed by atoms with Gasteiger partial charge in [0.05, 0.1) is 22.2 Å². The highest BCUT2D eigenvalue weighted by Crippen LogP contribution is 2.48. The summed E-state index contributed by atoms with van der Waals surface area (Å²) in [5, 5.41) is 4.70. The lowest BCUT2D eigenvalue weighted by Gasteiger charge is -2.18. The fourth-order valence-electron chi connectivity index (χ4n) is 4.48. The van der Waals surface area contributed by atoms with Crippen LogP contribution in [0, 0.1) is 0 Å². The second kappa shape index (κ2) is 9.45. The number of aromatic nitrogens is 1. The zero-order valence-electron chi connectivity index (χ0n) is 19.4. The molecule has 2 N–H and O–H groups in total. The maximum Gasteiger partial charge on any atom is 0.326 e. The lowest BCUT2D eigenvalue weighted by Crippen LogP contribution is -2.39. The van der Waals surface area contributed by atoms with Gasteiger partial charge in [0, 0.05) is 9.77 Å². The van der Waals surface area contributed by atoms with Gasteiger partial charge in [0.25, 0.3) is 21.0 Å². The summed E-state index contributed by atoms with van der Waals surface area (Å²) in [5.41, 5.74) is 2.19. The molecule has 194 valence electrons. The molecule has 0 spiro atoms. The second-order valence-electron chi connectivity index (χ2n) is 8.60. The molecule has 5 aromatic rings. The molecule has 1 aliphatic rings. The molecule has 0 aliphatic carbocycles. The van der Waals surface area contributed by atoms with Crippen molar-refractivity contribution in [3.63, 3.8) is 0 Å². The molecule has 13 heteroatoms. The van der Waals surface area contributed by atoms with E-state index in [1.807, 2.05) is 72.1 Å². The van der Waals surface area contributed by atoms with Gasteiger partial charge in [-0.3, -0.25) is 9.11 Å². The number of thioether (sulfide) groups is 1. The van der Waals surface area contributed by atoms with Crippen LogP contribution in [0.15, 0.2) is 82.0 Å². The Morgan fingerprint density at radius 3 is 2.47 bits per heavy atom. The van der Waals surface area contributed by atoms with Gasteiger partial charge in [-0.05, 0) is 46.7 Å². The smallest absolute Gasteiger partial charge is 0.317 e. The van der Waals surface area contributed by atoms with Crippen LogP contribution in [-0.2, 0) is 26.1 Å². The van der Waals surface area contributed by atoms with Crippen LogP contribution in [0.2, 0.25) is 0 Å². The Bertz CT molecular complexity index is 1960. The Morgan fingerprint density at radius 1 is 0.921 bits per heavy atom. The molecule has 0 atom stereocenters. The summed E-state index contributed by atoms with van der Waals surface area (Å²) >= 11 is 4.21. The number of benzene rings is 3. The van der Waals surface area contributed by atoms with Crippen LogP contribution in [0.1, 0.15) is 5.01 Å². The van der Waals surface area contributed by atoms with Gasteiger partial charge in [-0.25, -0.2) is 0 Å². The highest BCUT2D eigenvalue weighted by molar-refractivity contribution is 8.04. The van der Waals surface area contributed by atoms with Gasteiger partial charge in [-0.15, -0.1) is 11.3 Å². The third-order valence-corrected chi connectivity index (χ3v) is 10.3. The van der Waals surface area contributed by atoms with E-state index in [0.29, 0.717) is 21.2 Å². The third kappa shape index (κ3) is 4.98. The van der Waals surface area contributed by atoms with Gasteiger partial charge in [0.2, 0.25) is 5.52 Å². The first kappa shape index (κ1) is 25.5. The molecule has 38 heavy (non-hydrogen) atoms. The summed E-state index contributed by atoms with van der Waals surface area (Å²) in [5.74, 6) is -1.34. The van der Waals surface area contributed by atoms with Crippen molar-refractivity contribution in [3.8, 4) is 10.4 Å². The van der Waals surface area contributed by atoms with Gasteiger partial charge in [0.1, 0.15) is 4.70 Å². The largest absolute Gasteiger partial charge is 0.326 e. The van der Waals surface area contributed by atoms with Gasteiger partial charge in [-0.2, -0.15) is 21.4 Å². The minimum absolute atomic E-state index is 0.501. The van der Waals surface area contributed by atoms with Crippen molar-refractivity contribution in [2.45, 2.75) is 10.8 Å². The molecule has 0 amide bonds. The van der Waals surface area contributed by atoms with E-state index in [2.05, 4.69) is 0 Å². The maximum atomic E-state index is 12.0. The Morgan fingerprint density at radius 2 is 1.74 bits per heavy atom. The lowest BCUT2D eigenvalue weighted by molar-refractivity contribution is -0.648. The zero-order chi connectivity index (χ0) is 26.7. The molecule has 0 radical (unpaired) electrons. The van der Waals surface area contributed by atoms with E-state index in [0.717, 1.165) is 30.8 Å². The third-order valence-electron chi connectivity index (χ3n) is 5.98. The van der Waals surface area contributed by atoms with Crippen LogP contribution < -0.4 is 9.47 Å². The lowest BCUT2D eigenvalue weighted by atomic mass is 10.1. The van der Waals surface area contributed by atoms with Crippen molar-refractivity contribution < 1.29 is 30.5 Å². The fraction of sp³-hybridized carbons (Fsp3) is 0.0800. The molecule has 0 fully saturated rings. The highest BCUT2D eigenvalue weighted by Gasteiger charge is 2.32. The number of hydrogen-bond donors (Lipinski definition) is 2. The van der Waals surface area contributed by atoms with Crippen molar-refractivity contribution in [1.82, 2.24) is 0 Å². The fourth-order valence-corrected chi connectivity index (χ4v) is 8.83. The summed E-state index contributed by atoms with van der Waals surface area (Å²) in [6.07, 6.45) is 1.70. The quantitative estimate of drug-likeness (QED) is 0.188. The van der Waals surface area contributed by atoms with E-state index in [9.17, 15) is 25.9 Å². The molecule has 3 heterocycles. The normalized spacial score (nSPS) is 15.1. The number of thiophene rings is 1. The number of anilines is 1. The molecule has 2 aromatic heterocycles. The maximum absolute atomic E-state index is 12.0. The van der Waals surface area contributed by atoms with Crippen molar-refractivity contribution in [3.05, 3.63) is 82.1 Å². The van der Waals surface area contributed by atoms with E-state index in [1.54, 1.807) is 17.4 Å². The van der Waals surface area contributed by atoms with Crippen molar-refractivity contribution in [1.29, 1.82) is 0 Å². The van der Waals surface area contributed by atoms with Gasteiger partial charge in [0.15, 0.2) is 5.88 Å². The van der Waals surface area contributed by atoms with Gasteiger partial charge in [-0.1, -0.05) is 59.5 Å². The Labute approximate surface area is 231 Å². The van der Waals surface area contributed by atoms with E-state index < -0.39 is 32.0 Å². The van der Waals surface area contributed by atoms with Crippen molar-refractivity contribution in [2.75, 3.05) is 10.8 Å². The minimum atomic E-state index is -4.40. The number of hydrogen-bond acceptors (Lipinski definition) is 8. The second-order valence-corrected chi connectivity index (χ2v) is 14.5. The van der Waals surface area contributed by atoms with E-state index in [4.69, 9.17) is 0 Å². The van der Waals surface area contributed by atoms with Crippen LogP contribution in [-0.4, -0.2) is 31.8 Å². The monoisotopic (exact) mass is 603 g/mol. The number of rotatable bonds is 6. The summed E-state index contributed by atoms with van der Waals surface area (Å²) in [6.45, 7) is 0. The van der Waals surface area contributed by atoms with Crippen LogP contribution in [0.25, 0.3) is 37.5 Å². The Balaban J connectivity index is 1.54. The Kier molecular flexibility index (Phi) is 6.34. The number of fused-ring (bicyclic) bond motifs is 4. The Hall–Kier alpha value is -2.78. The molecule has 6 rings (SSSR count).